The molecule has 2 heterocycles. The van der Waals surface area contributed by atoms with E-state index in [0.29, 0.717) is 18.3 Å². The van der Waals surface area contributed by atoms with Gasteiger partial charge in [0.15, 0.2) is 0 Å². The molecule has 6 nitrogen and oxygen atoms in total. The molecule has 1 amide bonds. The molecular formula is C19H24N4O2. The van der Waals surface area contributed by atoms with Gasteiger partial charge in [0.1, 0.15) is 6.54 Å². The molecule has 0 saturated carbocycles. The van der Waals surface area contributed by atoms with Gasteiger partial charge in [-0.25, -0.2) is 4.98 Å². The van der Waals surface area contributed by atoms with Gasteiger partial charge in [-0.3, -0.25) is 14.5 Å². The van der Waals surface area contributed by atoms with Gasteiger partial charge in [-0.05, 0) is 25.9 Å². The van der Waals surface area contributed by atoms with Crippen molar-refractivity contribution < 1.29 is 4.79 Å². The Morgan fingerprint density at radius 1 is 1.32 bits per heavy atom. The number of hydrogen-bond acceptors (Lipinski definition) is 4. The number of carbonyl (C=O) groups is 1. The van der Waals surface area contributed by atoms with E-state index in [1.54, 1.807) is 6.20 Å². The van der Waals surface area contributed by atoms with Crippen molar-refractivity contribution in [3.63, 3.8) is 0 Å². The molecule has 0 aliphatic carbocycles. The minimum Gasteiger partial charge on any atom is -0.353 e. The Labute approximate surface area is 147 Å². The fourth-order valence-electron chi connectivity index (χ4n) is 3.31. The SMILES string of the molecule is CCN1CCC[C@H]1CNC(=O)Cn1cc(-c2ccccc2)ncc1=O. The number of rotatable bonds is 6. The Balaban J connectivity index is 1.64. The van der Waals surface area contributed by atoms with E-state index < -0.39 is 0 Å². The molecule has 1 aliphatic rings. The van der Waals surface area contributed by atoms with Crippen LogP contribution in [0.1, 0.15) is 19.8 Å². The van der Waals surface area contributed by atoms with Crippen LogP contribution in [0.3, 0.4) is 0 Å². The van der Waals surface area contributed by atoms with Gasteiger partial charge in [-0.2, -0.15) is 0 Å². The van der Waals surface area contributed by atoms with E-state index in [1.165, 1.54) is 17.2 Å². The number of aromatic nitrogens is 2. The number of nitrogens with zero attached hydrogens (tertiary/aromatic N) is 3. The number of amides is 1. The third-order valence-corrected chi connectivity index (χ3v) is 4.70. The maximum absolute atomic E-state index is 12.3. The van der Waals surface area contributed by atoms with Crippen LogP contribution in [0.15, 0.2) is 47.5 Å². The summed E-state index contributed by atoms with van der Waals surface area (Å²) < 4.78 is 1.41. The molecule has 1 aromatic heterocycles. The summed E-state index contributed by atoms with van der Waals surface area (Å²) in [6, 6.07) is 10.0. The highest BCUT2D eigenvalue weighted by molar-refractivity contribution is 5.75. The Hall–Kier alpha value is -2.47. The molecule has 0 radical (unpaired) electrons. The van der Waals surface area contributed by atoms with Crippen molar-refractivity contribution in [2.24, 2.45) is 0 Å². The Morgan fingerprint density at radius 2 is 2.12 bits per heavy atom. The molecule has 1 aromatic carbocycles. The summed E-state index contributed by atoms with van der Waals surface area (Å²) in [5.74, 6) is -0.143. The average molecular weight is 340 g/mol. The summed E-state index contributed by atoms with van der Waals surface area (Å²) in [7, 11) is 0. The van der Waals surface area contributed by atoms with Crippen LogP contribution in [0.25, 0.3) is 11.3 Å². The summed E-state index contributed by atoms with van der Waals surface area (Å²) in [5, 5.41) is 2.96. The van der Waals surface area contributed by atoms with Gasteiger partial charge in [0.05, 0.1) is 11.9 Å². The fraction of sp³-hybridized carbons (Fsp3) is 0.421. The van der Waals surface area contributed by atoms with Crippen LogP contribution in [0, 0.1) is 0 Å². The largest absolute Gasteiger partial charge is 0.353 e. The van der Waals surface area contributed by atoms with Crippen LogP contribution in [0.5, 0.6) is 0 Å². The Bertz CT molecular complexity index is 772. The van der Waals surface area contributed by atoms with Crippen molar-refractivity contribution in [3.8, 4) is 11.3 Å². The number of hydrogen-bond donors (Lipinski definition) is 1. The first-order valence-corrected chi connectivity index (χ1v) is 8.80. The van der Waals surface area contributed by atoms with Crippen molar-refractivity contribution >= 4 is 5.91 Å². The predicted molar refractivity (Wildman–Crippen MR) is 97.2 cm³/mol. The molecule has 1 fully saturated rings. The van der Waals surface area contributed by atoms with Crippen molar-refractivity contribution in [2.75, 3.05) is 19.6 Å². The van der Waals surface area contributed by atoms with Crippen molar-refractivity contribution in [1.82, 2.24) is 19.8 Å². The first-order valence-electron chi connectivity index (χ1n) is 8.80. The van der Waals surface area contributed by atoms with Crippen LogP contribution >= 0.6 is 0 Å². The second-order valence-corrected chi connectivity index (χ2v) is 6.33. The van der Waals surface area contributed by atoms with E-state index in [1.807, 2.05) is 30.3 Å². The van der Waals surface area contributed by atoms with E-state index in [9.17, 15) is 9.59 Å². The normalized spacial score (nSPS) is 17.6. The molecule has 0 bridgehead atoms. The highest BCUT2D eigenvalue weighted by atomic mass is 16.2. The lowest BCUT2D eigenvalue weighted by atomic mass is 10.2. The molecule has 3 rings (SSSR count). The Kier molecular flexibility index (Phi) is 5.60. The molecule has 0 spiro atoms. The molecule has 1 aliphatic heterocycles. The number of likely N-dealkylation sites (N-methyl/N-ethyl adjacent to an activating group) is 1. The van der Waals surface area contributed by atoms with Gasteiger partial charge < -0.3 is 9.88 Å². The Morgan fingerprint density at radius 3 is 2.88 bits per heavy atom. The number of carbonyl (C=O) groups excluding carboxylic acids is 1. The van der Waals surface area contributed by atoms with Crippen molar-refractivity contribution in [2.45, 2.75) is 32.4 Å². The van der Waals surface area contributed by atoms with E-state index in [2.05, 4.69) is 22.1 Å². The zero-order chi connectivity index (χ0) is 17.6. The molecule has 132 valence electrons. The number of nitrogens with one attached hydrogen (secondary N) is 1. The standard InChI is InChI=1S/C19H24N4O2/c1-2-22-10-6-9-16(22)11-21-18(24)14-23-13-17(20-12-19(23)25)15-7-4-3-5-8-15/h3-5,7-8,12-13,16H,2,6,9-11,14H2,1H3,(H,21,24)/t16-/m0/s1. The van der Waals surface area contributed by atoms with Gasteiger partial charge in [-0.15, -0.1) is 0 Å². The number of benzene rings is 1. The van der Waals surface area contributed by atoms with Crippen molar-refractivity contribution in [1.29, 1.82) is 0 Å². The lowest BCUT2D eigenvalue weighted by molar-refractivity contribution is -0.121. The lowest BCUT2D eigenvalue weighted by Crippen LogP contribution is -2.41. The van der Waals surface area contributed by atoms with Gasteiger partial charge >= 0.3 is 0 Å². The molecule has 1 atom stereocenters. The zero-order valence-electron chi connectivity index (χ0n) is 14.5. The maximum atomic E-state index is 12.3. The van der Waals surface area contributed by atoms with Gasteiger partial charge in [0.2, 0.25) is 5.91 Å². The quantitative estimate of drug-likeness (QED) is 0.866. The summed E-state index contributed by atoms with van der Waals surface area (Å²) in [6.45, 7) is 4.89. The van der Waals surface area contributed by atoms with Crippen LogP contribution in [-0.2, 0) is 11.3 Å². The molecule has 1 N–H and O–H groups in total. The summed E-state index contributed by atoms with van der Waals surface area (Å²) in [4.78, 5) is 30.8. The van der Waals surface area contributed by atoms with Gasteiger partial charge in [-0.1, -0.05) is 37.3 Å². The molecular weight excluding hydrogens is 316 g/mol. The molecule has 2 aromatic rings. The second-order valence-electron chi connectivity index (χ2n) is 6.33. The third kappa shape index (κ3) is 4.33. The van der Waals surface area contributed by atoms with E-state index >= 15 is 0 Å². The van der Waals surface area contributed by atoms with Gasteiger partial charge in [0.25, 0.3) is 5.56 Å². The smallest absolute Gasteiger partial charge is 0.269 e. The molecule has 25 heavy (non-hydrogen) atoms. The predicted octanol–water partition coefficient (Wildman–Crippen LogP) is 1.51. The molecule has 0 unspecified atom stereocenters. The third-order valence-electron chi connectivity index (χ3n) is 4.70. The van der Waals surface area contributed by atoms with Crippen LogP contribution in [0.2, 0.25) is 0 Å². The lowest BCUT2D eigenvalue weighted by Gasteiger charge is -2.22. The minimum absolute atomic E-state index is 0.0139. The highest BCUT2D eigenvalue weighted by Crippen LogP contribution is 2.16. The highest BCUT2D eigenvalue weighted by Gasteiger charge is 2.23. The van der Waals surface area contributed by atoms with E-state index in [4.69, 9.17) is 0 Å². The molecule has 6 heteroatoms. The van der Waals surface area contributed by atoms with Crippen molar-refractivity contribution in [3.05, 3.63) is 53.1 Å². The van der Waals surface area contributed by atoms with Gasteiger partial charge in [0, 0.05) is 24.3 Å². The van der Waals surface area contributed by atoms with E-state index in [-0.39, 0.29) is 18.0 Å². The summed E-state index contributed by atoms with van der Waals surface area (Å²) in [6.07, 6.45) is 5.21. The average Bonchev–Trinajstić information content (AvgIpc) is 3.10. The maximum Gasteiger partial charge on any atom is 0.269 e. The molecule has 1 saturated heterocycles. The minimum atomic E-state index is -0.272. The van der Waals surface area contributed by atoms with E-state index in [0.717, 1.165) is 25.1 Å². The van der Waals surface area contributed by atoms with Crippen LogP contribution in [0.4, 0.5) is 0 Å². The first-order chi connectivity index (χ1) is 12.2. The first kappa shape index (κ1) is 17.4. The topological polar surface area (TPSA) is 67.2 Å². The number of likely N-dealkylation sites (tertiary alicyclic amines) is 1. The second kappa shape index (κ2) is 8.07. The summed E-state index contributed by atoms with van der Waals surface area (Å²) in [5.41, 5.74) is 1.33. The summed E-state index contributed by atoms with van der Waals surface area (Å²) >= 11 is 0. The fourth-order valence-corrected chi connectivity index (χ4v) is 3.31. The van der Waals surface area contributed by atoms with Crippen LogP contribution < -0.4 is 10.9 Å². The zero-order valence-corrected chi connectivity index (χ0v) is 14.5. The van der Waals surface area contributed by atoms with Crippen LogP contribution in [-0.4, -0.2) is 46.0 Å². The monoisotopic (exact) mass is 340 g/mol.